The van der Waals surface area contributed by atoms with Gasteiger partial charge in [0.15, 0.2) is 0 Å². The Morgan fingerprint density at radius 3 is 0.812 bits per heavy atom. The molecule has 0 aliphatic rings. The van der Waals surface area contributed by atoms with Gasteiger partial charge in [-0.1, -0.05) is 0 Å². The Labute approximate surface area is 99.8 Å². The molecule has 0 aromatic heterocycles. The van der Waals surface area contributed by atoms with Crippen LogP contribution in [-0.2, 0) is 0 Å². The Hall–Kier alpha value is -0.280. The smallest absolute Gasteiger partial charge is 0.0979 e. The number of hydrogen-bond acceptors (Lipinski definition) is 3. The van der Waals surface area contributed by atoms with Gasteiger partial charge in [-0.05, 0) is 21.1 Å². The molecule has 7 heteroatoms. The van der Waals surface area contributed by atoms with E-state index in [0.29, 0.717) is 0 Å². The van der Waals surface area contributed by atoms with Crippen molar-refractivity contribution >= 4 is 0 Å². The van der Waals surface area contributed by atoms with Gasteiger partial charge in [0.1, 0.15) is 0 Å². The van der Waals surface area contributed by atoms with Crippen LogP contribution in [0.4, 0.5) is 0 Å². The van der Waals surface area contributed by atoms with Crippen molar-refractivity contribution in [2.75, 3.05) is 63.4 Å². The minimum absolute atomic E-state index is 0. The number of hydroxylamine groups is 6. The molecule has 0 saturated carbocycles. The molecular formula is C9H32N3O4+. The lowest BCUT2D eigenvalue weighted by Crippen LogP contribution is -2.28. The quantitative estimate of drug-likeness (QED) is 0.428. The van der Waals surface area contributed by atoms with Crippen molar-refractivity contribution in [3.05, 3.63) is 5.21 Å². The second-order valence-electron chi connectivity index (χ2n) is 5.17. The van der Waals surface area contributed by atoms with Gasteiger partial charge in [0, 0.05) is 0 Å². The van der Waals surface area contributed by atoms with Crippen LogP contribution in [0.25, 0.3) is 0 Å². The third-order valence-electron chi connectivity index (χ3n) is 0. The van der Waals surface area contributed by atoms with Crippen LogP contribution < -0.4 is 0 Å². The Morgan fingerprint density at radius 2 is 0.812 bits per heavy atom. The summed E-state index contributed by atoms with van der Waals surface area (Å²) in [6, 6.07) is 0. The average Bonchev–Trinajstić information content (AvgIpc) is 1.45. The van der Waals surface area contributed by atoms with E-state index in [0.717, 1.165) is 0 Å². The molecule has 0 aromatic rings. The number of rotatable bonds is 0. The molecular weight excluding hydrogens is 214 g/mol. The normalized spacial score (nSPS) is 9.75. The van der Waals surface area contributed by atoms with E-state index in [1.165, 1.54) is 0 Å². The van der Waals surface area contributed by atoms with Crippen molar-refractivity contribution in [2.24, 2.45) is 0 Å². The molecule has 0 heterocycles. The third-order valence-corrected chi connectivity index (χ3v) is 0. The first-order valence-corrected chi connectivity index (χ1v) is 4.41. The number of nitrogens with zero attached hydrogens (tertiary/aromatic N) is 3. The second-order valence-corrected chi connectivity index (χ2v) is 5.17. The maximum atomic E-state index is 10.0. The molecule has 0 radical (unpaired) electrons. The van der Waals surface area contributed by atoms with Gasteiger partial charge in [0.2, 0.25) is 0 Å². The van der Waals surface area contributed by atoms with Gasteiger partial charge in [-0.3, -0.25) is 0 Å². The van der Waals surface area contributed by atoms with E-state index in [2.05, 4.69) is 0 Å². The molecule has 0 unspecified atom stereocenters. The van der Waals surface area contributed by atoms with E-state index >= 15 is 0 Å². The first kappa shape index (κ1) is 29.6. The molecule has 16 heavy (non-hydrogen) atoms. The maximum absolute atomic E-state index is 10.0. The van der Waals surface area contributed by atoms with E-state index in [9.17, 15) is 5.21 Å². The van der Waals surface area contributed by atoms with Crippen molar-refractivity contribution < 1.29 is 25.5 Å². The molecule has 0 aliphatic carbocycles. The SMILES string of the molecule is CN(C)C.C[N+](C)(C)O.C[N+](C)(C)[O-].O.O. The first-order chi connectivity index (χ1) is 5.73. The predicted octanol–water partition coefficient (Wildman–Crippen LogP) is -1.20. The van der Waals surface area contributed by atoms with Crippen molar-refractivity contribution in [1.29, 1.82) is 0 Å². The highest BCUT2D eigenvalue weighted by molar-refractivity contribution is 4.09. The van der Waals surface area contributed by atoms with Gasteiger partial charge in [-0.15, -0.1) is 0 Å². The fourth-order valence-corrected chi connectivity index (χ4v) is 0. The molecule has 0 amide bonds. The maximum Gasteiger partial charge on any atom is 0.0979 e. The van der Waals surface area contributed by atoms with Crippen LogP contribution in [0.15, 0.2) is 0 Å². The lowest BCUT2D eigenvalue weighted by Gasteiger charge is -2.27. The minimum atomic E-state index is -0.250. The lowest BCUT2D eigenvalue weighted by molar-refractivity contribution is -1.06. The summed E-state index contributed by atoms with van der Waals surface area (Å²) in [6.07, 6.45) is 0. The molecule has 0 aliphatic heterocycles. The van der Waals surface area contributed by atoms with Crippen molar-refractivity contribution in [1.82, 2.24) is 4.90 Å². The lowest BCUT2D eigenvalue weighted by atomic mass is 11.0. The summed E-state index contributed by atoms with van der Waals surface area (Å²) in [7, 11) is 15.8. The van der Waals surface area contributed by atoms with E-state index in [1.54, 1.807) is 42.3 Å². The molecule has 7 nitrogen and oxygen atoms in total. The van der Waals surface area contributed by atoms with Crippen LogP contribution in [0.5, 0.6) is 0 Å². The molecule has 0 fully saturated rings. The topological polar surface area (TPSA) is 110 Å². The average molecular weight is 246 g/mol. The molecule has 5 N–H and O–H groups in total. The van der Waals surface area contributed by atoms with Crippen LogP contribution >= 0.6 is 0 Å². The zero-order valence-corrected chi connectivity index (χ0v) is 12.2. The summed E-state index contributed by atoms with van der Waals surface area (Å²) in [4.78, 5) is 2.00. The molecule has 0 spiro atoms. The summed E-state index contributed by atoms with van der Waals surface area (Å²) in [6.45, 7) is 0. The van der Waals surface area contributed by atoms with E-state index in [-0.39, 0.29) is 20.2 Å². The summed E-state index contributed by atoms with van der Waals surface area (Å²) >= 11 is 0. The van der Waals surface area contributed by atoms with Crippen molar-refractivity contribution in [2.45, 2.75) is 0 Å². The zero-order valence-electron chi connectivity index (χ0n) is 12.2. The van der Waals surface area contributed by atoms with Gasteiger partial charge in [-0.2, -0.15) is 4.65 Å². The Bertz CT molecular complexity index is 92.1. The fraction of sp³-hybridized carbons (Fsp3) is 1.00. The Balaban J connectivity index is -0.0000000358. The van der Waals surface area contributed by atoms with Crippen molar-refractivity contribution in [3.63, 3.8) is 0 Å². The monoisotopic (exact) mass is 246 g/mol. The summed E-state index contributed by atoms with van der Waals surface area (Å²) in [5, 5.41) is 18.5. The number of quaternary nitrogens is 2. The third kappa shape index (κ3) is 28300. The van der Waals surface area contributed by atoms with Crippen LogP contribution in [-0.4, -0.2) is 93.8 Å². The number of hydrogen-bond donors (Lipinski definition) is 1. The molecule has 0 atom stereocenters. The molecule has 0 aromatic carbocycles. The summed E-state index contributed by atoms with van der Waals surface area (Å²) in [5.41, 5.74) is 0. The van der Waals surface area contributed by atoms with Gasteiger partial charge < -0.3 is 25.7 Å². The standard InChI is InChI=1S/C3H10NO.C3H9NO.C3H9N.2H2O/c2*1-4(2,3)5;1-4(2)3;;/h5H,1-3H3;1-3H3;1-3H3;2*1H2/q+1;;;;. The fourth-order valence-electron chi connectivity index (χ4n) is 0. The summed E-state index contributed by atoms with van der Waals surface area (Å²) < 4.78 is -0.250. The molecule has 0 saturated heterocycles. The van der Waals surface area contributed by atoms with Gasteiger partial charge >= 0.3 is 0 Å². The largest absolute Gasteiger partial charge is 0.633 e. The van der Waals surface area contributed by atoms with Crippen LogP contribution in [0.1, 0.15) is 0 Å². The van der Waals surface area contributed by atoms with E-state index in [1.807, 2.05) is 26.0 Å². The van der Waals surface area contributed by atoms with Gasteiger partial charge in [0.25, 0.3) is 0 Å². The van der Waals surface area contributed by atoms with E-state index < -0.39 is 0 Å². The predicted molar refractivity (Wildman–Crippen MR) is 68.1 cm³/mol. The Kier molecular flexibility index (Phi) is 23.7. The van der Waals surface area contributed by atoms with E-state index in [4.69, 9.17) is 5.21 Å². The second kappa shape index (κ2) is 12.8. The van der Waals surface area contributed by atoms with Crippen LogP contribution in [0.3, 0.4) is 0 Å². The van der Waals surface area contributed by atoms with Gasteiger partial charge in [0.05, 0.1) is 42.3 Å². The van der Waals surface area contributed by atoms with Crippen molar-refractivity contribution in [3.8, 4) is 0 Å². The minimum Gasteiger partial charge on any atom is -0.633 e. The molecule has 0 bridgehead atoms. The Morgan fingerprint density at radius 1 is 0.812 bits per heavy atom. The molecule has 0 rings (SSSR count). The van der Waals surface area contributed by atoms with Crippen LogP contribution in [0.2, 0.25) is 0 Å². The first-order valence-electron chi connectivity index (χ1n) is 4.41. The molecule has 106 valence electrons. The highest BCUT2D eigenvalue weighted by atomic mass is 16.5. The van der Waals surface area contributed by atoms with Gasteiger partial charge in [-0.25, -0.2) is 5.21 Å². The highest BCUT2D eigenvalue weighted by Gasteiger charge is 1.92. The summed E-state index contributed by atoms with van der Waals surface area (Å²) in [5.74, 6) is 0. The highest BCUT2D eigenvalue weighted by Crippen LogP contribution is 1.77. The van der Waals surface area contributed by atoms with Crippen LogP contribution in [0, 0.1) is 5.21 Å². The zero-order chi connectivity index (χ0) is 12.6.